The number of nitrogens with zero attached hydrogens (tertiary/aromatic N) is 4. The van der Waals surface area contributed by atoms with Crippen molar-refractivity contribution in [3.63, 3.8) is 0 Å². The zero-order valence-electron chi connectivity index (χ0n) is 21.1. The van der Waals surface area contributed by atoms with Crippen LogP contribution in [0, 0.1) is 5.92 Å². The number of hydrogen-bond donors (Lipinski definition) is 2. The highest BCUT2D eigenvalue weighted by Crippen LogP contribution is 2.31. The number of anilines is 1. The van der Waals surface area contributed by atoms with Crippen LogP contribution in [0.5, 0.6) is 11.6 Å². The minimum atomic E-state index is -0.655. The molecule has 0 radical (unpaired) electrons. The van der Waals surface area contributed by atoms with Gasteiger partial charge in [-0.25, -0.2) is 4.98 Å². The SMILES string of the molecule is O=C(CN1Cc2ccc(N3CCC(Oc4ccc(OCC5CC5)nc4)C3=O)cc2C1=O)N(CCO)CCO. The normalized spacial score (nSPS) is 18.6. The Bertz CT molecular complexity index is 1180. The molecule has 11 nitrogen and oxygen atoms in total. The molecule has 1 saturated heterocycles. The van der Waals surface area contributed by atoms with Gasteiger partial charge in [0.2, 0.25) is 11.8 Å². The molecule has 1 aromatic carbocycles. The summed E-state index contributed by atoms with van der Waals surface area (Å²) in [5, 5.41) is 18.3. The lowest BCUT2D eigenvalue weighted by atomic mass is 10.1. The second kappa shape index (κ2) is 11.4. The van der Waals surface area contributed by atoms with Crippen molar-refractivity contribution in [2.75, 3.05) is 50.9 Å². The summed E-state index contributed by atoms with van der Waals surface area (Å²) in [6, 6.07) is 8.78. The van der Waals surface area contributed by atoms with Crippen LogP contribution in [-0.4, -0.2) is 94.8 Å². The van der Waals surface area contributed by atoms with E-state index in [1.807, 2.05) is 0 Å². The Morgan fingerprint density at radius 2 is 1.87 bits per heavy atom. The summed E-state index contributed by atoms with van der Waals surface area (Å²) in [7, 11) is 0. The predicted molar refractivity (Wildman–Crippen MR) is 136 cm³/mol. The highest BCUT2D eigenvalue weighted by molar-refractivity contribution is 6.03. The smallest absolute Gasteiger partial charge is 0.268 e. The fraction of sp³-hybridized carbons (Fsp3) is 0.481. The van der Waals surface area contributed by atoms with Gasteiger partial charge in [0.25, 0.3) is 11.8 Å². The van der Waals surface area contributed by atoms with Crippen molar-refractivity contribution in [1.82, 2.24) is 14.8 Å². The average molecular weight is 525 g/mol. The van der Waals surface area contributed by atoms with E-state index in [9.17, 15) is 14.4 Å². The Kier molecular flexibility index (Phi) is 7.75. The Hall–Kier alpha value is -3.70. The number of carbonyl (C=O) groups excluding carboxylic acids is 3. The quantitative estimate of drug-likeness (QED) is 0.417. The van der Waals surface area contributed by atoms with Crippen molar-refractivity contribution in [3.8, 4) is 11.6 Å². The molecule has 2 aliphatic heterocycles. The van der Waals surface area contributed by atoms with E-state index in [1.54, 1.807) is 41.4 Å². The number of hydrogen-bond acceptors (Lipinski definition) is 8. The van der Waals surface area contributed by atoms with E-state index in [4.69, 9.17) is 19.7 Å². The van der Waals surface area contributed by atoms with Crippen molar-refractivity contribution in [2.45, 2.75) is 31.9 Å². The van der Waals surface area contributed by atoms with E-state index >= 15 is 0 Å². The molecule has 3 heterocycles. The number of rotatable bonds is 12. The van der Waals surface area contributed by atoms with Crippen LogP contribution in [0.25, 0.3) is 0 Å². The first kappa shape index (κ1) is 25.9. The van der Waals surface area contributed by atoms with Crippen LogP contribution in [0.15, 0.2) is 36.5 Å². The van der Waals surface area contributed by atoms with Gasteiger partial charge in [-0.2, -0.15) is 0 Å². The molecule has 2 fully saturated rings. The molecule has 202 valence electrons. The van der Waals surface area contributed by atoms with Gasteiger partial charge in [-0.3, -0.25) is 14.4 Å². The van der Waals surface area contributed by atoms with Gasteiger partial charge >= 0.3 is 0 Å². The zero-order chi connectivity index (χ0) is 26.6. The maximum absolute atomic E-state index is 13.1. The van der Waals surface area contributed by atoms with Gasteiger partial charge in [0.05, 0.1) is 26.0 Å². The number of ether oxygens (including phenoxy) is 2. The van der Waals surface area contributed by atoms with Crippen LogP contribution in [0.4, 0.5) is 5.69 Å². The first-order valence-corrected chi connectivity index (χ1v) is 13.0. The van der Waals surface area contributed by atoms with Crippen LogP contribution < -0.4 is 14.4 Å². The van der Waals surface area contributed by atoms with Crippen LogP contribution in [0.2, 0.25) is 0 Å². The van der Waals surface area contributed by atoms with Gasteiger partial charge < -0.3 is 34.4 Å². The molecule has 0 bridgehead atoms. The lowest BCUT2D eigenvalue weighted by molar-refractivity contribution is -0.133. The van der Waals surface area contributed by atoms with E-state index in [-0.39, 0.29) is 57.1 Å². The number of pyridine rings is 1. The van der Waals surface area contributed by atoms with E-state index in [2.05, 4.69) is 4.98 Å². The summed E-state index contributed by atoms with van der Waals surface area (Å²) in [4.78, 5) is 47.4. The van der Waals surface area contributed by atoms with Crippen molar-refractivity contribution >= 4 is 23.4 Å². The molecule has 1 aliphatic carbocycles. The van der Waals surface area contributed by atoms with Crippen molar-refractivity contribution < 1.29 is 34.1 Å². The molecule has 2 N–H and O–H groups in total. The summed E-state index contributed by atoms with van der Waals surface area (Å²) in [5.41, 5.74) is 1.83. The van der Waals surface area contributed by atoms with Crippen molar-refractivity contribution in [3.05, 3.63) is 47.7 Å². The summed E-state index contributed by atoms with van der Waals surface area (Å²) in [5.74, 6) is 0.828. The molecule has 5 rings (SSSR count). The van der Waals surface area contributed by atoms with Gasteiger partial charge in [0, 0.05) is 49.9 Å². The van der Waals surface area contributed by atoms with Gasteiger partial charge in [-0.05, 0) is 42.5 Å². The Morgan fingerprint density at radius 3 is 2.55 bits per heavy atom. The number of aliphatic hydroxyl groups excluding tert-OH is 2. The largest absolute Gasteiger partial charge is 0.479 e. The molecule has 3 amide bonds. The minimum Gasteiger partial charge on any atom is -0.479 e. The molecule has 38 heavy (non-hydrogen) atoms. The van der Waals surface area contributed by atoms with E-state index in [0.29, 0.717) is 48.4 Å². The predicted octanol–water partition coefficient (Wildman–Crippen LogP) is 0.824. The monoisotopic (exact) mass is 524 g/mol. The third kappa shape index (κ3) is 5.73. The molecule has 1 saturated carbocycles. The van der Waals surface area contributed by atoms with Gasteiger partial charge in [0.15, 0.2) is 6.10 Å². The molecule has 1 aromatic heterocycles. The number of amides is 3. The van der Waals surface area contributed by atoms with Gasteiger partial charge in [-0.1, -0.05) is 6.07 Å². The Balaban J connectivity index is 1.19. The highest BCUT2D eigenvalue weighted by atomic mass is 16.5. The summed E-state index contributed by atoms with van der Waals surface area (Å²) >= 11 is 0. The van der Waals surface area contributed by atoms with Crippen molar-refractivity contribution in [2.24, 2.45) is 5.92 Å². The Labute approximate surface area is 220 Å². The van der Waals surface area contributed by atoms with Crippen LogP contribution in [-0.2, 0) is 16.1 Å². The number of aromatic nitrogens is 1. The number of aliphatic hydroxyl groups is 2. The molecule has 1 atom stereocenters. The lowest BCUT2D eigenvalue weighted by Gasteiger charge is -2.24. The van der Waals surface area contributed by atoms with Crippen molar-refractivity contribution in [1.29, 1.82) is 0 Å². The second-order valence-corrected chi connectivity index (χ2v) is 9.80. The minimum absolute atomic E-state index is 0.0905. The number of carbonyl (C=O) groups is 3. The highest BCUT2D eigenvalue weighted by Gasteiger charge is 2.36. The fourth-order valence-electron chi connectivity index (χ4n) is 4.70. The summed E-state index contributed by atoms with van der Waals surface area (Å²) < 4.78 is 11.6. The molecule has 1 unspecified atom stereocenters. The van der Waals surface area contributed by atoms with Crippen LogP contribution in [0.1, 0.15) is 35.2 Å². The maximum atomic E-state index is 13.1. The average Bonchev–Trinajstić information content (AvgIpc) is 3.62. The first-order chi connectivity index (χ1) is 18.5. The number of fused-ring (bicyclic) bond motifs is 1. The molecular formula is C27H32N4O7. The van der Waals surface area contributed by atoms with E-state index < -0.39 is 6.10 Å². The lowest BCUT2D eigenvalue weighted by Crippen LogP contribution is -2.43. The molecule has 3 aliphatic rings. The van der Waals surface area contributed by atoms with Gasteiger partial charge in [-0.15, -0.1) is 0 Å². The molecule has 0 spiro atoms. The summed E-state index contributed by atoms with van der Waals surface area (Å²) in [6.07, 6.45) is 3.80. The fourth-order valence-corrected chi connectivity index (χ4v) is 4.70. The first-order valence-electron chi connectivity index (χ1n) is 13.0. The van der Waals surface area contributed by atoms with Gasteiger partial charge in [0.1, 0.15) is 12.3 Å². The van der Waals surface area contributed by atoms with E-state index in [1.165, 1.54) is 22.6 Å². The third-order valence-corrected chi connectivity index (χ3v) is 7.01. The number of benzene rings is 1. The zero-order valence-corrected chi connectivity index (χ0v) is 21.1. The molecular weight excluding hydrogens is 492 g/mol. The maximum Gasteiger partial charge on any atom is 0.268 e. The third-order valence-electron chi connectivity index (χ3n) is 7.01. The second-order valence-electron chi connectivity index (χ2n) is 9.80. The summed E-state index contributed by atoms with van der Waals surface area (Å²) in [6.45, 7) is 0.973. The van der Waals surface area contributed by atoms with E-state index in [0.717, 1.165) is 5.56 Å². The molecule has 2 aromatic rings. The van der Waals surface area contributed by atoms with Crippen LogP contribution in [0.3, 0.4) is 0 Å². The van der Waals surface area contributed by atoms with Crippen LogP contribution >= 0.6 is 0 Å². The standard InChI is InChI=1S/C27H32N4O7/c32-11-9-29(10-12-33)25(34)16-30-15-19-3-4-20(13-22(19)26(30)35)31-8-7-23(27(31)36)38-21-5-6-24(28-14-21)37-17-18-1-2-18/h3-6,13-14,18,23,32-33H,1-2,7-12,15-17H2. The Morgan fingerprint density at radius 1 is 1.08 bits per heavy atom. The topological polar surface area (TPSA) is 133 Å². The molecule has 11 heteroatoms.